The van der Waals surface area contributed by atoms with Gasteiger partial charge in [0.05, 0.1) is 0 Å². The van der Waals surface area contributed by atoms with Crippen LogP contribution in [0.4, 0.5) is 4.39 Å². The minimum Gasteiger partial charge on any atom is -0.487 e. The molecule has 0 aromatic heterocycles. The van der Waals surface area contributed by atoms with E-state index in [1.165, 1.54) is 18.9 Å². The number of ether oxygens (including phenoxy) is 1. The molecule has 2 aliphatic rings. The smallest absolute Gasteiger partial charge is 0.125 e. The maximum atomic E-state index is 13.6. The number of hydrogen-bond acceptors (Lipinski definition) is 2. The molecule has 1 N–H and O–H groups in total. The predicted molar refractivity (Wildman–Crippen MR) is 83.0 cm³/mol. The number of hydrogen-bond donors (Lipinski definition) is 1. The molecular weight excluding hydrogens is 265 g/mol. The highest BCUT2D eigenvalue weighted by Gasteiger charge is 2.46. The molecule has 1 aromatic rings. The van der Waals surface area contributed by atoms with Gasteiger partial charge in [-0.2, -0.15) is 0 Å². The molecule has 0 bridgehead atoms. The molecule has 21 heavy (non-hydrogen) atoms. The van der Waals surface area contributed by atoms with E-state index in [-0.39, 0.29) is 17.5 Å². The standard InChI is InChI=1S/C18H26FNO/c1-4-20-15-11-18(9-5-8-17(2,3)12-18)21-16-7-6-13(19)10-14(15)16/h6-7,10,15,20H,4-5,8-9,11-12H2,1-3H3. The maximum Gasteiger partial charge on any atom is 0.125 e. The van der Waals surface area contributed by atoms with Crippen LogP contribution in [0.25, 0.3) is 0 Å². The first-order valence-corrected chi connectivity index (χ1v) is 8.15. The first-order valence-electron chi connectivity index (χ1n) is 8.15. The van der Waals surface area contributed by atoms with Crippen molar-refractivity contribution in [1.29, 1.82) is 0 Å². The van der Waals surface area contributed by atoms with Gasteiger partial charge in [-0.15, -0.1) is 0 Å². The van der Waals surface area contributed by atoms with Crippen LogP contribution >= 0.6 is 0 Å². The number of rotatable bonds is 2. The second-order valence-corrected chi connectivity index (χ2v) is 7.48. The van der Waals surface area contributed by atoms with Crippen LogP contribution in [-0.4, -0.2) is 12.1 Å². The van der Waals surface area contributed by atoms with Gasteiger partial charge in [-0.3, -0.25) is 0 Å². The van der Waals surface area contributed by atoms with Gasteiger partial charge in [0.15, 0.2) is 0 Å². The Morgan fingerprint density at radius 3 is 2.86 bits per heavy atom. The first-order chi connectivity index (χ1) is 9.93. The van der Waals surface area contributed by atoms with E-state index >= 15 is 0 Å². The SMILES string of the molecule is CCNC1CC2(CCCC(C)(C)C2)Oc2ccc(F)cc21. The molecule has 3 heteroatoms. The summed E-state index contributed by atoms with van der Waals surface area (Å²) in [6.07, 6.45) is 5.61. The summed E-state index contributed by atoms with van der Waals surface area (Å²) in [5.74, 6) is 0.687. The minimum atomic E-state index is -0.180. The van der Waals surface area contributed by atoms with Crippen molar-refractivity contribution in [3.05, 3.63) is 29.6 Å². The van der Waals surface area contributed by atoms with Crippen molar-refractivity contribution in [2.45, 2.75) is 64.5 Å². The minimum absolute atomic E-state index is 0.0839. The van der Waals surface area contributed by atoms with Crippen LogP contribution in [0.15, 0.2) is 18.2 Å². The fraction of sp³-hybridized carbons (Fsp3) is 0.667. The molecule has 2 unspecified atom stereocenters. The predicted octanol–water partition coefficient (Wildman–Crippen LogP) is 4.60. The third-order valence-corrected chi connectivity index (χ3v) is 4.99. The van der Waals surface area contributed by atoms with Crippen LogP contribution in [0.2, 0.25) is 0 Å². The summed E-state index contributed by atoms with van der Waals surface area (Å²) in [5, 5.41) is 3.52. The van der Waals surface area contributed by atoms with Gasteiger partial charge in [0.2, 0.25) is 0 Å². The van der Waals surface area contributed by atoms with E-state index in [1.807, 2.05) is 0 Å². The Bertz CT molecular complexity index is 528. The van der Waals surface area contributed by atoms with Crippen molar-refractivity contribution in [3.63, 3.8) is 0 Å². The second-order valence-electron chi connectivity index (χ2n) is 7.48. The third kappa shape index (κ3) is 2.94. The molecule has 1 aromatic carbocycles. The molecule has 0 amide bonds. The van der Waals surface area contributed by atoms with E-state index < -0.39 is 0 Å². The number of benzene rings is 1. The molecule has 1 saturated carbocycles. The Balaban J connectivity index is 1.95. The highest BCUT2D eigenvalue weighted by molar-refractivity contribution is 5.39. The lowest BCUT2D eigenvalue weighted by atomic mass is 9.66. The summed E-state index contributed by atoms with van der Waals surface area (Å²) < 4.78 is 20.0. The van der Waals surface area contributed by atoms with Crippen LogP contribution in [-0.2, 0) is 0 Å². The number of fused-ring (bicyclic) bond motifs is 1. The van der Waals surface area contributed by atoms with E-state index in [4.69, 9.17) is 4.74 Å². The zero-order valence-electron chi connectivity index (χ0n) is 13.3. The summed E-state index contributed by atoms with van der Waals surface area (Å²) >= 11 is 0. The highest BCUT2D eigenvalue weighted by atomic mass is 19.1. The van der Waals surface area contributed by atoms with Crippen molar-refractivity contribution in [2.75, 3.05) is 6.54 Å². The Labute approximate surface area is 127 Å². The van der Waals surface area contributed by atoms with Gasteiger partial charge in [-0.05, 0) is 55.8 Å². The molecule has 1 heterocycles. The van der Waals surface area contributed by atoms with E-state index in [2.05, 4.69) is 26.1 Å². The Kier molecular flexibility index (Phi) is 3.73. The van der Waals surface area contributed by atoms with Crippen LogP contribution in [0.3, 0.4) is 0 Å². The maximum absolute atomic E-state index is 13.6. The molecule has 1 aliphatic carbocycles. The summed E-state index contributed by atoms with van der Waals surface area (Å²) in [7, 11) is 0. The Hall–Kier alpha value is -1.09. The van der Waals surface area contributed by atoms with E-state index in [9.17, 15) is 4.39 Å². The monoisotopic (exact) mass is 291 g/mol. The molecule has 0 saturated heterocycles. The molecule has 0 radical (unpaired) electrons. The normalized spacial score (nSPS) is 30.8. The molecule has 116 valence electrons. The Morgan fingerprint density at radius 2 is 2.14 bits per heavy atom. The van der Waals surface area contributed by atoms with Crippen LogP contribution < -0.4 is 10.1 Å². The summed E-state index contributed by atoms with van der Waals surface area (Å²) in [5.41, 5.74) is 1.22. The summed E-state index contributed by atoms with van der Waals surface area (Å²) in [6, 6.07) is 5.14. The van der Waals surface area contributed by atoms with Crippen LogP contribution in [0.1, 0.15) is 64.5 Å². The topological polar surface area (TPSA) is 21.3 Å². The molecule has 1 aliphatic heterocycles. The van der Waals surface area contributed by atoms with Gasteiger partial charge in [-0.25, -0.2) is 4.39 Å². The van der Waals surface area contributed by atoms with Crippen molar-refractivity contribution in [3.8, 4) is 5.75 Å². The Morgan fingerprint density at radius 1 is 1.33 bits per heavy atom. The zero-order chi connectivity index (χ0) is 15.1. The van der Waals surface area contributed by atoms with Gasteiger partial charge in [-0.1, -0.05) is 20.8 Å². The van der Waals surface area contributed by atoms with Gasteiger partial charge in [0.1, 0.15) is 17.2 Å². The fourth-order valence-corrected chi connectivity index (χ4v) is 4.27. The van der Waals surface area contributed by atoms with E-state index in [0.29, 0.717) is 5.41 Å². The van der Waals surface area contributed by atoms with Crippen molar-refractivity contribution < 1.29 is 9.13 Å². The average molecular weight is 291 g/mol. The summed E-state index contributed by atoms with van der Waals surface area (Å²) in [6.45, 7) is 7.66. The quantitative estimate of drug-likeness (QED) is 0.860. The molecule has 3 rings (SSSR count). The van der Waals surface area contributed by atoms with Crippen molar-refractivity contribution >= 4 is 0 Å². The third-order valence-electron chi connectivity index (χ3n) is 4.99. The number of nitrogens with one attached hydrogen (secondary N) is 1. The van der Waals surface area contributed by atoms with Gasteiger partial charge in [0.25, 0.3) is 0 Å². The largest absolute Gasteiger partial charge is 0.487 e. The average Bonchev–Trinajstić information content (AvgIpc) is 2.39. The van der Waals surface area contributed by atoms with Gasteiger partial charge < -0.3 is 10.1 Å². The van der Waals surface area contributed by atoms with Crippen LogP contribution in [0.5, 0.6) is 5.75 Å². The van der Waals surface area contributed by atoms with Gasteiger partial charge in [0, 0.05) is 18.0 Å². The molecule has 2 atom stereocenters. The van der Waals surface area contributed by atoms with Crippen molar-refractivity contribution in [1.82, 2.24) is 5.32 Å². The zero-order valence-corrected chi connectivity index (χ0v) is 13.3. The molecule has 1 spiro atoms. The first kappa shape index (κ1) is 14.8. The number of halogens is 1. The lowest BCUT2D eigenvalue weighted by Gasteiger charge is -2.49. The molecular formula is C18H26FNO. The van der Waals surface area contributed by atoms with E-state index in [0.717, 1.165) is 37.1 Å². The lowest BCUT2D eigenvalue weighted by molar-refractivity contribution is -0.0419. The highest BCUT2D eigenvalue weighted by Crippen LogP contribution is 2.50. The summed E-state index contributed by atoms with van der Waals surface area (Å²) in [4.78, 5) is 0. The molecule has 1 fully saturated rings. The van der Waals surface area contributed by atoms with Gasteiger partial charge >= 0.3 is 0 Å². The second kappa shape index (κ2) is 5.28. The van der Waals surface area contributed by atoms with Crippen molar-refractivity contribution in [2.24, 2.45) is 5.41 Å². The lowest BCUT2D eigenvalue weighted by Crippen LogP contribution is -2.49. The van der Waals surface area contributed by atoms with Crippen LogP contribution in [0, 0.1) is 11.2 Å². The molecule has 2 nitrogen and oxygen atoms in total. The van der Waals surface area contributed by atoms with E-state index in [1.54, 1.807) is 12.1 Å². The fourth-order valence-electron chi connectivity index (χ4n) is 4.27.